The normalized spacial score (nSPS) is 20.9. The summed E-state index contributed by atoms with van der Waals surface area (Å²) in [5.41, 5.74) is 4.64. The highest BCUT2D eigenvalue weighted by Gasteiger charge is 2.27. The van der Waals surface area contributed by atoms with Crippen molar-refractivity contribution in [2.75, 3.05) is 5.32 Å². The van der Waals surface area contributed by atoms with Gasteiger partial charge < -0.3 is 9.88 Å². The lowest BCUT2D eigenvalue weighted by Crippen LogP contribution is -2.06. The topological polar surface area (TPSA) is 55.6 Å². The van der Waals surface area contributed by atoms with Crippen LogP contribution < -0.4 is 5.32 Å². The van der Waals surface area contributed by atoms with Gasteiger partial charge in [0.05, 0.1) is 15.7 Å². The molecule has 2 saturated carbocycles. The van der Waals surface area contributed by atoms with Crippen LogP contribution in [-0.4, -0.2) is 25.6 Å². The number of fused-ring (bicyclic) bond motifs is 2. The lowest BCUT2D eigenvalue weighted by molar-refractivity contribution is 0.461. The van der Waals surface area contributed by atoms with E-state index < -0.39 is 0 Å². The third-order valence-electron chi connectivity index (χ3n) is 7.21. The third-order valence-corrected chi connectivity index (χ3v) is 7.81. The minimum atomic E-state index is 0.554. The van der Waals surface area contributed by atoms with Crippen molar-refractivity contribution >= 4 is 43.7 Å². The van der Waals surface area contributed by atoms with E-state index in [9.17, 15) is 0 Å². The number of aryl methyl sites for hydroxylation is 2. The molecule has 164 valence electrons. The lowest BCUT2D eigenvalue weighted by Gasteiger charge is -2.15. The van der Waals surface area contributed by atoms with Crippen LogP contribution in [0.25, 0.3) is 21.9 Å². The van der Waals surface area contributed by atoms with Gasteiger partial charge in [0.2, 0.25) is 0 Å². The van der Waals surface area contributed by atoms with Crippen molar-refractivity contribution in [3.8, 4) is 0 Å². The maximum atomic E-state index is 4.90. The molecule has 2 atom stereocenters. The maximum Gasteiger partial charge on any atom is 0.143 e. The van der Waals surface area contributed by atoms with Gasteiger partial charge in [-0.25, -0.2) is 15.0 Å². The number of anilines is 1. The second kappa shape index (κ2) is 8.14. The molecule has 2 unspecified atom stereocenters. The predicted molar refractivity (Wildman–Crippen MR) is 133 cm³/mol. The molecule has 5 nitrogen and oxygen atoms in total. The number of hydrogen-bond donors (Lipinski definition) is 1. The highest BCUT2D eigenvalue weighted by atomic mass is 79.9. The highest BCUT2D eigenvalue weighted by molar-refractivity contribution is 9.10. The van der Waals surface area contributed by atoms with E-state index in [1.165, 1.54) is 54.9 Å². The smallest absolute Gasteiger partial charge is 0.143 e. The van der Waals surface area contributed by atoms with Gasteiger partial charge in [0.25, 0.3) is 0 Å². The van der Waals surface area contributed by atoms with Crippen molar-refractivity contribution in [1.29, 1.82) is 0 Å². The zero-order valence-corrected chi connectivity index (χ0v) is 20.0. The van der Waals surface area contributed by atoms with Crippen LogP contribution in [0.4, 0.5) is 5.82 Å². The molecular weight excluding hydrogens is 462 g/mol. The SMILES string of the molecule is Cc1ncnc2c1ccn2C1CCC(CCc2ccc3cc(Br)c(NC4CC4)nc3c2)C1. The first-order chi connectivity index (χ1) is 15.6. The summed E-state index contributed by atoms with van der Waals surface area (Å²) in [5, 5.41) is 5.91. The molecule has 1 N–H and O–H groups in total. The number of benzene rings is 1. The number of nitrogens with one attached hydrogen (secondary N) is 1. The maximum absolute atomic E-state index is 4.90. The van der Waals surface area contributed by atoms with Crippen LogP contribution in [0.15, 0.2) is 47.3 Å². The average molecular weight is 490 g/mol. The number of rotatable bonds is 6. The molecule has 32 heavy (non-hydrogen) atoms. The van der Waals surface area contributed by atoms with Gasteiger partial charge >= 0.3 is 0 Å². The predicted octanol–water partition coefficient (Wildman–Crippen LogP) is 6.60. The van der Waals surface area contributed by atoms with E-state index in [1.807, 2.05) is 0 Å². The molecule has 0 saturated heterocycles. The molecule has 4 aromatic rings. The Balaban J connectivity index is 1.13. The Labute approximate surface area is 196 Å². The van der Waals surface area contributed by atoms with Crippen molar-refractivity contribution in [2.24, 2.45) is 5.92 Å². The molecule has 3 heterocycles. The number of nitrogens with zero attached hydrogens (tertiary/aromatic N) is 4. The molecule has 6 rings (SSSR count). The van der Waals surface area contributed by atoms with Crippen molar-refractivity contribution in [3.63, 3.8) is 0 Å². The van der Waals surface area contributed by atoms with Crippen molar-refractivity contribution in [2.45, 2.75) is 64.0 Å². The average Bonchev–Trinajstić information content (AvgIpc) is 3.30. The van der Waals surface area contributed by atoms with Crippen molar-refractivity contribution < 1.29 is 0 Å². The summed E-state index contributed by atoms with van der Waals surface area (Å²) in [7, 11) is 0. The molecule has 0 amide bonds. The van der Waals surface area contributed by atoms with Gasteiger partial charge in [0.15, 0.2) is 0 Å². The molecule has 2 aliphatic rings. The molecule has 0 aliphatic heterocycles. The van der Waals surface area contributed by atoms with E-state index in [-0.39, 0.29) is 0 Å². The molecule has 0 spiro atoms. The fraction of sp³-hybridized carbons (Fsp3) is 0.423. The molecule has 6 heteroatoms. The van der Waals surface area contributed by atoms with E-state index in [2.05, 4.69) is 79.2 Å². The monoisotopic (exact) mass is 489 g/mol. The molecule has 3 aromatic heterocycles. The minimum absolute atomic E-state index is 0.554. The number of aromatic nitrogens is 4. The van der Waals surface area contributed by atoms with Crippen LogP contribution in [0.2, 0.25) is 0 Å². The summed E-state index contributed by atoms with van der Waals surface area (Å²) in [6, 6.07) is 12.3. The van der Waals surface area contributed by atoms with Crippen LogP contribution in [0.5, 0.6) is 0 Å². The minimum Gasteiger partial charge on any atom is -0.366 e. The summed E-state index contributed by atoms with van der Waals surface area (Å²) in [5.74, 6) is 1.75. The van der Waals surface area contributed by atoms with E-state index in [4.69, 9.17) is 4.98 Å². The fourth-order valence-corrected chi connectivity index (χ4v) is 5.64. The fourth-order valence-electron chi connectivity index (χ4n) is 5.19. The molecular formula is C26H28BrN5. The molecule has 2 aliphatic carbocycles. The first-order valence-corrected chi connectivity index (χ1v) is 12.6. The van der Waals surface area contributed by atoms with E-state index >= 15 is 0 Å². The van der Waals surface area contributed by atoms with Crippen LogP contribution in [0.1, 0.15) is 55.8 Å². The van der Waals surface area contributed by atoms with Crippen molar-refractivity contribution in [1.82, 2.24) is 19.5 Å². The second-order valence-electron chi connectivity index (χ2n) is 9.56. The highest BCUT2D eigenvalue weighted by Crippen LogP contribution is 2.39. The van der Waals surface area contributed by atoms with Gasteiger partial charge in [-0.3, -0.25) is 0 Å². The zero-order chi connectivity index (χ0) is 21.7. The van der Waals surface area contributed by atoms with Crippen LogP contribution in [0.3, 0.4) is 0 Å². The van der Waals surface area contributed by atoms with Gasteiger partial charge in [-0.1, -0.05) is 12.1 Å². The summed E-state index contributed by atoms with van der Waals surface area (Å²) in [4.78, 5) is 13.8. The van der Waals surface area contributed by atoms with Gasteiger partial charge in [-0.05, 0) is 97.5 Å². The third kappa shape index (κ3) is 3.90. The van der Waals surface area contributed by atoms with Gasteiger partial charge in [-0.2, -0.15) is 0 Å². The standard InChI is InChI=1S/C26H28BrN5/c1-16-22-10-11-32(26(22)29-15-28-16)21-9-5-17(12-21)2-3-18-4-6-19-14-23(27)25(30-20-7-8-20)31-24(19)13-18/h4,6,10-11,13-15,17,20-21H,2-3,5,7-9,12H2,1H3,(H,30,31). The largest absolute Gasteiger partial charge is 0.366 e. The number of pyridine rings is 1. The molecule has 1 aromatic carbocycles. The first-order valence-electron chi connectivity index (χ1n) is 11.8. The zero-order valence-electron chi connectivity index (χ0n) is 18.4. The summed E-state index contributed by atoms with van der Waals surface area (Å²) >= 11 is 3.67. The molecule has 2 fully saturated rings. The Bertz CT molecular complexity index is 1290. The lowest BCUT2D eigenvalue weighted by atomic mass is 9.97. The number of halogens is 1. The van der Waals surface area contributed by atoms with E-state index in [1.54, 1.807) is 6.33 Å². The summed E-state index contributed by atoms with van der Waals surface area (Å²) in [6.45, 7) is 2.06. The van der Waals surface area contributed by atoms with Crippen LogP contribution in [-0.2, 0) is 6.42 Å². The Morgan fingerprint density at radius 3 is 2.88 bits per heavy atom. The Kier molecular flexibility index (Phi) is 5.13. The van der Waals surface area contributed by atoms with Crippen molar-refractivity contribution in [3.05, 3.63) is 58.6 Å². The van der Waals surface area contributed by atoms with Crippen LogP contribution >= 0.6 is 15.9 Å². The Hall–Kier alpha value is -2.47. The Morgan fingerprint density at radius 1 is 1.09 bits per heavy atom. The summed E-state index contributed by atoms with van der Waals surface area (Å²) in [6.07, 6.45) is 12.5. The second-order valence-corrected chi connectivity index (χ2v) is 10.4. The Morgan fingerprint density at radius 2 is 2.00 bits per heavy atom. The quantitative estimate of drug-likeness (QED) is 0.331. The van der Waals surface area contributed by atoms with Gasteiger partial charge in [0.1, 0.15) is 17.8 Å². The molecule has 0 radical (unpaired) electrons. The van der Waals surface area contributed by atoms with E-state index in [0.29, 0.717) is 12.1 Å². The van der Waals surface area contributed by atoms with Crippen LogP contribution in [0, 0.1) is 12.8 Å². The molecule has 0 bridgehead atoms. The first kappa shape index (κ1) is 20.2. The van der Waals surface area contributed by atoms with Gasteiger partial charge in [0, 0.05) is 29.1 Å². The van der Waals surface area contributed by atoms with E-state index in [0.717, 1.165) is 39.5 Å². The summed E-state index contributed by atoms with van der Waals surface area (Å²) < 4.78 is 3.44. The number of hydrogen-bond acceptors (Lipinski definition) is 4. The van der Waals surface area contributed by atoms with Gasteiger partial charge in [-0.15, -0.1) is 0 Å².